The van der Waals surface area contributed by atoms with Crippen LogP contribution in [0, 0.1) is 0 Å². The summed E-state index contributed by atoms with van der Waals surface area (Å²) in [6.45, 7) is 6.07. The van der Waals surface area contributed by atoms with E-state index in [4.69, 9.17) is 9.47 Å². The minimum Gasteiger partial charge on any atom is -0.379 e. The van der Waals surface area contributed by atoms with E-state index in [2.05, 4.69) is 62.7 Å². The Kier molecular flexibility index (Phi) is 7.13. The zero-order chi connectivity index (χ0) is 17.5. The molecule has 1 saturated carbocycles. The molecule has 5 nitrogen and oxygen atoms in total. The zero-order valence-electron chi connectivity index (χ0n) is 14.8. The van der Waals surface area contributed by atoms with Gasteiger partial charge in [0, 0.05) is 42.7 Å². The number of hydrogen-bond acceptors (Lipinski definition) is 3. The molecule has 0 aromatic heterocycles. The number of benzene rings is 1. The first-order valence-corrected chi connectivity index (χ1v) is 10.0. The summed E-state index contributed by atoms with van der Waals surface area (Å²) >= 11 is 3.49. The summed E-state index contributed by atoms with van der Waals surface area (Å²) in [6.07, 6.45) is 3.41. The third kappa shape index (κ3) is 5.97. The fraction of sp³-hybridized carbons (Fsp3) is 0.632. The van der Waals surface area contributed by atoms with Gasteiger partial charge in [-0.25, -0.2) is 0 Å². The lowest BCUT2D eigenvalue weighted by Crippen LogP contribution is -2.39. The van der Waals surface area contributed by atoms with Crippen molar-refractivity contribution in [2.75, 3.05) is 32.9 Å². The largest absolute Gasteiger partial charge is 0.379 e. The molecule has 138 valence electrons. The zero-order valence-corrected chi connectivity index (χ0v) is 16.4. The van der Waals surface area contributed by atoms with Gasteiger partial charge in [-0.3, -0.25) is 4.99 Å². The third-order valence-corrected chi connectivity index (χ3v) is 5.10. The standard InChI is InChI=1S/C19H28BrN3O2/c1-2-21-19(22-9-3-10-25-16-8-11-24-13-16)23-18-12-17(18)14-4-6-15(20)7-5-14/h4-7,16-18H,2-3,8-13H2,1H3,(H2,21,22,23). The van der Waals surface area contributed by atoms with Crippen molar-refractivity contribution in [3.8, 4) is 0 Å². The SMILES string of the molecule is CCNC(=NCCCOC1CCOC1)NC1CC1c1ccc(Br)cc1. The number of halogens is 1. The Bertz CT molecular complexity index is 558. The second kappa shape index (κ2) is 9.55. The van der Waals surface area contributed by atoms with Gasteiger partial charge in [0.1, 0.15) is 0 Å². The van der Waals surface area contributed by atoms with E-state index in [0.29, 0.717) is 12.0 Å². The van der Waals surface area contributed by atoms with E-state index in [1.54, 1.807) is 0 Å². The number of nitrogens with one attached hydrogen (secondary N) is 2. The van der Waals surface area contributed by atoms with Crippen molar-refractivity contribution in [3.05, 3.63) is 34.3 Å². The molecule has 2 aliphatic rings. The molecular formula is C19H28BrN3O2. The molecule has 25 heavy (non-hydrogen) atoms. The Hall–Kier alpha value is -1.11. The normalized spacial score (nSPS) is 25.8. The minimum absolute atomic E-state index is 0.286. The summed E-state index contributed by atoms with van der Waals surface area (Å²) in [5.41, 5.74) is 1.39. The number of guanidine groups is 1. The average Bonchev–Trinajstić information content (AvgIpc) is 3.16. The smallest absolute Gasteiger partial charge is 0.191 e. The van der Waals surface area contributed by atoms with Crippen LogP contribution in [0.1, 0.15) is 37.7 Å². The monoisotopic (exact) mass is 409 g/mol. The molecule has 0 spiro atoms. The summed E-state index contributed by atoms with van der Waals surface area (Å²) in [5, 5.41) is 6.89. The summed E-state index contributed by atoms with van der Waals surface area (Å²) in [6, 6.07) is 9.10. The molecular weight excluding hydrogens is 382 g/mol. The van der Waals surface area contributed by atoms with Gasteiger partial charge < -0.3 is 20.1 Å². The maximum Gasteiger partial charge on any atom is 0.191 e. The lowest BCUT2D eigenvalue weighted by atomic mass is 10.1. The molecule has 2 N–H and O–H groups in total. The van der Waals surface area contributed by atoms with Gasteiger partial charge in [0.05, 0.1) is 12.7 Å². The van der Waals surface area contributed by atoms with Gasteiger partial charge in [-0.2, -0.15) is 0 Å². The number of rotatable bonds is 8. The molecule has 0 radical (unpaired) electrons. The molecule has 1 aromatic carbocycles. The molecule has 1 heterocycles. The quantitative estimate of drug-likeness (QED) is 0.393. The van der Waals surface area contributed by atoms with Crippen LogP contribution in [0.3, 0.4) is 0 Å². The van der Waals surface area contributed by atoms with Crippen LogP contribution in [0.4, 0.5) is 0 Å². The summed E-state index contributed by atoms with van der Waals surface area (Å²) in [7, 11) is 0. The average molecular weight is 410 g/mol. The fourth-order valence-corrected chi connectivity index (χ4v) is 3.34. The van der Waals surface area contributed by atoms with Crippen LogP contribution in [0.5, 0.6) is 0 Å². The third-order valence-electron chi connectivity index (χ3n) is 4.57. The van der Waals surface area contributed by atoms with Crippen LogP contribution in [-0.4, -0.2) is 51.0 Å². The van der Waals surface area contributed by atoms with E-state index >= 15 is 0 Å². The predicted molar refractivity (Wildman–Crippen MR) is 104 cm³/mol. The molecule has 3 unspecified atom stereocenters. The topological polar surface area (TPSA) is 54.9 Å². The first-order valence-electron chi connectivity index (χ1n) is 9.26. The lowest BCUT2D eigenvalue weighted by Gasteiger charge is -2.12. The Morgan fingerprint density at radius 3 is 2.92 bits per heavy atom. The highest BCUT2D eigenvalue weighted by atomic mass is 79.9. The van der Waals surface area contributed by atoms with Crippen molar-refractivity contribution in [1.82, 2.24) is 10.6 Å². The van der Waals surface area contributed by atoms with Crippen LogP contribution in [0.25, 0.3) is 0 Å². The molecule has 1 aliphatic heterocycles. The van der Waals surface area contributed by atoms with Crippen LogP contribution < -0.4 is 10.6 Å². The van der Waals surface area contributed by atoms with Gasteiger partial charge in [0.15, 0.2) is 5.96 Å². The highest BCUT2D eigenvalue weighted by molar-refractivity contribution is 9.10. The maximum atomic E-state index is 5.78. The lowest BCUT2D eigenvalue weighted by molar-refractivity contribution is 0.0424. The Morgan fingerprint density at radius 2 is 2.20 bits per heavy atom. The molecule has 6 heteroatoms. The molecule has 0 bridgehead atoms. The summed E-state index contributed by atoms with van der Waals surface area (Å²) in [4.78, 5) is 4.68. The van der Waals surface area contributed by atoms with Crippen LogP contribution in [0.15, 0.2) is 33.7 Å². The molecule has 1 aromatic rings. The Balaban J connectivity index is 1.39. The van der Waals surface area contributed by atoms with Crippen molar-refractivity contribution in [2.24, 2.45) is 4.99 Å². The number of hydrogen-bond donors (Lipinski definition) is 2. The molecule has 3 atom stereocenters. The number of nitrogens with zero attached hydrogens (tertiary/aromatic N) is 1. The van der Waals surface area contributed by atoms with E-state index in [9.17, 15) is 0 Å². The van der Waals surface area contributed by atoms with Gasteiger partial charge >= 0.3 is 0 Å². The maximum absolute atomic E-state index is 5.78. The minimum atomic E-state index is 0.286. The van der Waals surface area contributed by atoms with E-state index in [1.165, 1.54) is 5.56 Å². The van der Waals surface area contributed by atoms with E-state index < -0.39 is 0 Å². The van der Waals surface area contributed by atoms with E-state index in [1.807, 2.05) is 0 Å². The molecule has 3 rings (SSSR count). The molecule has 1 saturated heterocycles. The molecule has 1 aliphatic carbocycles. The van der Waals surface area contributed by atoms with Crippen molar-refractivity contribution in [1.29, 1.82) is 0 Å². The van der Waals surface area contributed by atoms with Crippen LogP contribution >= 0.6 is 15.9 Å². The first kappa shape index (κ1) is 18.7. The van der Waals surface area contributed by atoms with Crippen molar-refractivity contribution in [3.63, 3.8) is 0 Å². The van der Waals surface area contributed by atoms with Crippen molar-refractivity contribution < 1.29 is 9.47 Å². The van der Waals surface area contributed by atoms with Gasteiger partial charge in [-0.15, -0.1) is 0 Å². The highest BCUT2D eigenvalue weighted by Gasteiger charge is 2.38. The van der Waals surface area contributed by atoms with E-state index in [-0.39, 0.29) is 6.10 Å². The van der Waals surface area contributed by atoms with E-state index in [0.717, 1.165) is 62.6 Å². The summed E-state index contributed by atoms with van der Waals surface area (Å²) < 4.78 is 12.2. The van der Waals surface area contributed by atoms with Gasteiger partial charge in [0.25, 0.3) is 0 Å². The van der Waals surface area contributed by atoms with Gasteiger partial charge in [-0.1, -0.05) is 28.1 Å². The van der Waals surface area contributed by atoms with Crippen LogP contribution in [-0.2, 0) is 9.47 Å². The summed E-state index contributed by atoms with van der Waals surface area (Å²) in [5.74, 6) is 1.50. The Labute approximate surface area is 158 Å². The highest BCUT2D eigenvalue weighted by Crippen LogP contribution is 2.40. The second-order valence-corrected chi connectivity index (χ2v) is 7.53. The number of ether oxygens (including phenoxy) is 2. The Morgan fingerprint density at radius 1 is 1.36 bits per heavy atom. The fourth-order valence-electron chi connectivity index (χ4n) is 3.08. The molecule has 0 amide bonds. The first-order chi connectivity index (χ1) is 12.3. The van der Waals surface area contributed by atoms with Gasteiger partial charge in [0.2, 0.25) is 0 Å². The predicted octanol–water partition coefficient (Wildman–Crippen LogP) is 3.06. The van der Waals surface area contributed by atoms with Crippen LogP contribution in [0.2, 0.25) is 0 Å². The number of aliphatic imine (C=N–C) groups is 1. The van der Waals surface area contributed by atoms with Gasteiger partial charge in [-0.05, 0) is 43.9 Å². The second-order valence-electron chi connectivity index (χ2n) is 6.62. The van der Waals surface area contributed by atoms with Crippen molar-refractivity contribution >= 4 is 21.9 Å². The van der Waals surface area contributed by atoms with Crippen molar-refractivity contribution in [2.45, 2.75) is 44.2 Å². The molecule has 2 fully saturated rings.